The normalized spacial score (nSPS) is 20.1. The van der Waals surface area contributed by atoms with Crippen LogP contribution in [0, 0.1) is 11.7 Å². The largest absolute Gasteiger partial charge is 0.487 e. The van der Waals surface area contributed by atoms with Crippen LogP contribution in [0.5, 0.6) is 5.75 Å². The summed E-state index contributed by atoms with van der Waals surface area (Å²) in [7, 11) is -2.39. The minimum Gasteiger partial charge on any atom is -0.487 e. The van der Waals surface area contributed by atoms with Gasteiger partial charge in [-0.15, -0.1) is 0 Å². The summed E-state index contributed by atoms with van der Waals surface area (Å²) in [4.78, 5) is 18.5. The highest BCUT2D eigenvalue weighted by molar-refractivity contribution is 7.89. The Bertz CT molecular complexity index is 1370. The molecule has 8 nitrogen and oxygen atoms in total. The lowest BCUT2D eigenvalue weighted by Gasteiger charge is -2.37. The molecule has 1 aliphatic rings. The van der Waals surface area contributed by atoms with E-state index in [1.807, 2.05) is 19.1 Å². The quantitative estimate of drug-likeness (QED) is 0.527. The number of sulfonamides is 1. The van der Waals surface area contributed by atoms with Crippen LogP contribution in [0.15, 0.2) is 71.9 Å². The Balaban J connectivity index is 1.74. The summed E-state index contributed by atoms with van der Waals surface area (Å²) in [6.45, 7) is 3.36. The maximum absolute atomic E-state index is 13.7. The van der Waals surface area contributed by atoms with Crippen molar-refractivity contribution in [2.24, 2.45) is 5.92 Å². The molecule has 0 aliphatic carbocycles. The van der Waals surface area contributed by atoms with E-state index >= 15 is 0 Å². The number of pyridine rings is 1. The number of fused-ring (bicyclic) bond motifs is 1. The third kappa shape index (κ3) is 5.66. The van der Waals surface area contributed by atoms with Crippen LogP contribution in [0.1, 0.15) is 24.2 Å². The summed E-state index contributed by atoms with van der Waals surface area (Å²) in [5.41, 5.74) is 1.79. The van der Waals surface area contributed by atoms with Crippen LogP contribution in [0.4, 0.5) is 4.39 Å². The number of aliphatic hydroxyl groups excluding tert-OH is 1. The highest BCUT2D eigenvalue weighted by Crippen LogP contribution is 2.36. The van der Waals surface area contributed by atoms with Crippen LogP contribution in [0.2, 0.25) is 0 Å². The first-order valence-electron chi connectivity index (χ1n) is 12.0. The van der Waals surface area contributed by atoms with Crippen molar-refractivity contribution in [3.63, 3.8) is 0 Å². The number of hydrogen-bond donors (Lipinski definition) is 1. The molecule has 0 fully saturated rings. The van der Waals surface area contributed by atoms with E-state index in [0.29, 0.717) is 0 Å². The zero-order chi connectivity index (χ0) is 26.7. The molecule has 2 aromatic carbocycles. The van der Waals surface area contributed by atoms with Crippen molar-refractivity contribution >= 4 is 15.9 Å². The Kier molecular flexibility index (Phi) is 7.91. The van der Waals surface area contributed by atoms with E-state index in [1.165, 1.54) is 39.5 Å². The summed E-state index contributed by atoms with van der Waals surface area (Å²) in [5.74, 6) is -1.07. The van der Waals surface area contributed by atoms with Crippen LogP contribution in [0.25, 0.3) is 11.1 Å². The van der Waals surface area contributed by atoms with Gasteiger partial charge >= 0.3 is 0 Å². The van der Waals surface area contributed by atoms with Crippen molar-refractivity contribution in [2.75, 3.05) is 26.7 Å². The lowest BCUT2D eigenvalue weighted by molar-refractivity contribution is 0.0563. The molecule has 4 rings (SSSR count). The molecular formula is C27H30FN3O5S. The minimum absolute atomic E-state index is 0.0124. The zero-order valence-corrected chi connectivity index (χ0v) is 21.7. The van der Waals surface area contributed by atoms with Crippen molar-refractivity contribution < 1.29 is 27.4 Å². The number of ether oxygens (including phenoxy) is 1. The molecule has 1 aromatic heterocycles. The van der Waals surface area contributed by atoms with Crippen LogP contribution in [-0.4, -0.2) is 72.5 Å². The average Bonchev–Trinajstić information content (AvgIpc) is 2.90. The molecule has 1 aliphatic heterocycles. The van der Waals surface area contributed by atoms with Gasteiger partial charge < -0.3 is 14.7 Å². The Labute approximate surface area is 216 Å². The molecular weight excluding hydrogens is 497 g/mol. The smallest absolute Gasteiger partial charge is 0.253 e. The fourth-order valence-electron chi connectivity index (χ4n) is 4.36. The summed E-state index contributed by atoms with van der Waals surface area (Å²) in [5, 5.41) is 9.81. The van der Waals surface area contributed by atoms with Gasteiger partial charge in [-0.2, -0.15) is 4.31 Å². The molecule has 37 heavy (non-hydrogen) atoms. The number of halogens is 1. The van der Waals surface area contributed by atoms with E-state index in [9.17, 15) is 22.7 Å². The SMILES string of the molecule is C[C@@H]1CN([C@@H](C)CO)S(=O)(=O)c2ccc(-c3ccncc3)cc2O[C@H]1CN(C)C(=O)c1cccc(F)c1. The molecule has 10 heteroatoms. The molecule has 0 saturated carbocycles. The predicted octanol–water partition coefficient (Wildman–Crippen LogP) is 3.43. The van der Waals surface area contributed by atoms with Gasteiger partial charge in [-0.3, -0.25) is 9.78 Å². The fraction of sp³-hybridized carbons (Fsp3) is 0.333. The monoisotopic (exact) mass is 527 g/mol. The fourth-order valence-corrected chi connectivity index (χ4v) is 6.19. The molecule has 0 spiro atoms. The third-order valence-electron chi connectivity index (χ3n) is 6.55. The Morgan fingerprint density at radius 2 is 1.92 bits per heavy atom. The van der Waals surface area contributed by atoms with Crippen LogP contribution in [-0.2, 0) is 10.0 Å². The molecule has 196 valence electrons. The number of carbonyl (C=O) groups excluding carboxylic acids is 1. The second kappa shape index (κ2) is 11.0. The number of aliphatic hydroxyl groups is 1. The molecule has 0 saturated heterocycles. The molecule has 3 aromatic rings. The maximum atomic E-state index is 13.7. The van der Waals surface area contributed by atoms with Crippen molar-refractivity contribution in [3.05, 3.63) is 78.4 Å². The standard InChI is InChI=1S/C27H30FN3O5S/c1-18-15-31(19(2)17-32)37(34,35)26-8-7-21(20-9-11-29-12-10-20)14-24(26)36-25(18)16-30(3)27(33)22-5-4-6-23(28)13-22/h4-14,18-19,25,32H,15-17H2,1-3H3/t18-,19+,25+/m1/s1. The Morgan fingerprint density at radius 1 is 1.19 bits per heavy atom. The number of amides is 1. The van der Waals surface area contributed by atoms with Crippen LogP contribution < -0.4 is 4.74 Å². The summed E-state index contributed by atoms with van der Waals surface area (Å²) >= 11 is 0. The second-order valence-corrected chi connectivity index (χ2v) is 11.2. The first-order chi connectivity index (χ1) is 17.6. The number of aromatic nitrogens is 1. The van der Waals surface area contributed by atoms with E-state index in [4.69, 9.17) is 4.74 Å². The summed E-state index contributed by atoms with van der Waals surface area (Å²) < 4.78 is 48.6. The van der Waals surface area contributed by atoms with Crippen LogP contribution in [0.3, 0.4) is 0 Å². The minimum atomic E-state index is -3.99. The Hall–Kier alpha value is -3.34. The number of likely N-dealkylation sites (N-methyl/N-ethyl adjacent to an activating group) is 1. The average molecular weight is 528 g/mol. The molecule has 0 radical (unpaired) electrons. The van der Waals surface area contributed by atoms with Gasteiger partial charge in [0.2, 0.25) is 10.0 Å². The lowest BCUT2D eigenvalue weighted by Crippen LogP contribution is -2.50. The maximum Gasteiger partial charge on any atom is 0.253 e. The molecule has 1 amide bonds. The van der Waals surface area contributed by atoms with Gasteiger partial charge in [0, 0.05) is 43.5 Å². The van der Waals surface area contributed by atoms with Crippen molar-refractivity contribution in [2.45, 2.75) is 30.9 Å². The molecule has 0 bridgehead atoms. The van der Waals surface area contributed by atoms with Gasteiger partial charge in [-0.1, -0.05) is 19.1 Å². The molecule has 3 atom stereocenters. The Morgan fingerprint density at radius 3 is 2.59 bits per heavy atom. The molecule has 2 heterocycles. The van der Waals surface area contributed by atoms with Crippen molar-refractivity contribution in [1.82, 2.24) is 14.2 Å². The van der Waals surface area contributed by atoms with Gasteiger partial charge in [0.15, 0.2) is 0 Å². The molecule has 0 unspecified atom stereocenters. The second-order valence-electron chi connectivity index (χ2n) is 9.33. The number of hydrogen-bond acceptors (Lipinski definition) is 6. The van der Waals surface area contributed by atoms with E-state index in [-0.39, 0.29) is 47.7 Å². The number of carbonyl (C=O) groups is 1. The van der Waals surface area contributed by atoms with Crippen LogP contribution >= 0.6 is 0 Å². The van der Waals surface area contributed by atoms with Gasteiger partial charge in [-0.05, 0) is 60.5 Å². The van der Waals surface area contributed by atoms with Gasteiger partial charge in [0.1, 0.15) is 22.6 Å². The number of rotatable bonds is 6. The predicted molar refractivity (Wildman–Crippen MR) is 137 cm³/mol. The number of benzene rings is 2. The highest BCUT2D eigenvalue weighted by Gasteiger charge is 2.38. The number of nitrogens with zero attached hydrogens (tertiary/aromatic N) is 3. The lowest BCUT2D eigenvalue weighted by atomic mass is 10.0. The highest BCUT2D eigenvalue weighted by atomic mass is 32.2. The first kappa shape index (κ1) is 26.7. The van der Waals surface area contributed by atoms with E-state index < -0.39 is 28.0 Å². The van der Waals surface area contributed by atoms with Crippen molar-refractivity contribution in [1.29, 1.82) is 0 Å². The summed E-state index contributed by atoms with van der Waals surface area (Å²) in [6, 6.07) is 13.3. The summed E-state index contributed by atoms with van der Waals surface area (Å²) in [6.07, 6.45) is 2.70. The van der Waals surface area contributed by atoms with Gasteiger partial charge in [0.05, 0.1) is 13.2 Å². The van der Waals surface area contributed by atoms with E-state index in [1.54, 1.807) is 38.5 Å². The van der Waals surface area contributed by atoms with Crippen molar-refractivity contribution in [3.8, 4) is 16.9 Å². The topological polar surface area (TPSA) is 100 Å². The van der Waals surface area contributed by atoms with Gasteiger partial charge in [-0.25, -0.2) is 12.8 Å². The van der Waals surface area contributed by atoms with E-state index in [2.05, 4.69) is 4.98 Å². The first-order valence-corrected chi connectivity index (χ1v) is 13.4. The molecule has 1 N–H and O–H groups in total. The van der Waals surface area contributed by atoms with Gasteiger partial charge in [0.25, 0.3) is 5.91 Å². The third-order valence-corrected chi connectivity index (χ3v) is 8.57. The zero-order valence-electron chi connectivity index (χ0n) is 20.9. The van der Waals surface area contributed by atoms with E-state index in [0.717, 1.165) is 11.1 Å².